The Kier molecular flexibility index (Phi) is 3.98. The van der Waals surface area contributed by atoms with Crippen molar-refractivity contribution in [1.29, 1.82) is 0 Å². The largest absolute Gasteiger partial charge is 0.373 e. The molecule has 2 fully saturated rings. The summed E-state index contributed by atoms with van der Waals surface area (Å²) in [6, 6.07) is 1.84. The molecule has 0 N–H and O–H groups in total. The van der Waals surface area contributed by atoms with Crippen LogP contribution in [0.15, 0.2) is 20.2 Å². The number of hydrogen-bond donors (Lipinski definition) is 0. The second-order valence-corrected chi connectivity index (χ2v) is 9.49. The lowest BCUT2D eigenvalue weighted by Crippen LogP contribution is -2.31. The second kappa shape index (κ2) is 5.91. The predicted molar refractivity (Wildman–Crippen MR) is 87.3 cm³/mol. The highest BCUT2D eigenvalue weighted by molar-refractivity contribution is 7.91. The molecular weight excluding hydrogens is 350 g/mol. The Labute approximate surface area is 144 Å². The van der Waals surface area contributed by atoms with Crippen LogP contribution in [-0.2, 0) is 21.2 Å². The summed E-state index contributed by atoms with van der Waals surface area (Å²) in [6.45, 7) is 4.55. The fraction of sp³-hybridized carbons (Fsp3) is 0.600. The summed E-state index contributed by atoms with van der Waals surface area (Å²) in [4.78, 5) is 4.20. The van der Waals surface area contributed by atoms with E-state index in [0.29, 0.717) is 35.4 Å². The van der Waals surface area contributed by atoms with E-state index in [4.69, 9.17) is 9.26 Å². The van der Waals surface area contributed by atoms with Crippen LogP contribution in [0, 0.1) is 19.8 Å². The third kappa shape index (κ3) is 2.79. The zero-order valence-electron chi connectivity index (χ0n) is 13.5. The van der Waals surface area contributed by atoms with Crippen LogP contribution in [0.25, 0.3) is 0 Å². The minimum Gasteiger partial charge on any atom is -0.373 e. The van der Waals surface area contributed by atoms with E-state index in [2.05, 4.69) is 10.1 Å². The molecule has 0 saturated carbocycles. The number of hydrogen-bond acceptors (Lipinski definition) is 7. The van der Waals surface area contributed by atoms with Crippen LogP contribution in [0.3, 0.4) is 0 Å². The number of aromatic nitrogens is 2. The molecule has 0 unspecified atom stereocenters. The Balaban J connectivity index is 1.42. The van der Waals surface area contributed by atoms with Gasteiger partial charge in [0.2, 0.25) is 5.89 Å². The van der Waals surface area contributed by atoms with Gasteiger partial charge in [-0.1, -0.05) is 5.16 Å². The lowest BCUT2D eigenvalue weighted by atomic mass is 10.0. The summed E-state index contributed by atoms with van der Waals surface area (Å²) in [5, 5.41) is 5.60. The first-order valence-corrected chi connectivity index (χ1v) is 10.2. The number of nitrogens with zero attached hydrogens (tertiary/aromatic N) is 3. The number of fused-ring (bicyclic) bond motifs is 1. The molecule has 2 aromatic rings. The van der Waals surface area contributed by atoms with Crippen LogP contribution < -0.4 is 0 Å². The molecule has 3 atom stereocenters. The van der Waals surface area contributed by atoms with Gasteiger partial charge in [-0.15, -0.1) is 11.3 Å². The van der Waals surface area contributed by atoms with Gasteiger partial charge in [-0.3, -0.25) is 0 Å². The molecular formula is C15H19N3O4S2. The first-order chi connectivity index (χ1) is 11.4. The smallest absolute Gasteiger partial charge is 0.252 e. The van der Waals surface area contributed by atoms with Crippen LogP contribution in [0.4, 0.5) is 0 Å². The van der Waals surface area contributed by atoms with Crippen molar-refractivity contribution in [3.05, 3.63) is 28.7 Å². The molecule has 9 heteroatoms. The van der Waals surface area contributed by atoms with E-state index < -0.39 is 10.0 Å². The minimum atomic E-state index is -3.41. The van der Waals surface area contributed by atoms with Crippen LogP contribution in [0.1, 0.15) is 23.7 Å². The first-order valence-electron chi connectivity index (χ1n) is 7.92. The Hall–Kier alpha value is -1.29. The maximum absolute atomic E-state index is 12.8. The van der Waals surface area contributed by atoms with Gasteiger partial charge in [0.25, 0.3) is 10.0 Å². The number of thiophene rings is 1. The highest BCUT2D eigenvalue weighted by atomic mass is 32.2. The monoisotopic (exact) mass is 369 g/mol. The zero-order valence-corrected chi connectivity index (χ0v) is 15.1. The molecule has 0 amide bonds. The Morgan fingerprint density at radius 1 is 1.38 bits per heavy atom. The molecule has 2 aliphatic rings. The van der Waals surface area contributed by atoms with Crippen molar-refractivity contribution in [2.24, 2.45) is 5.92 Å². The molecule has 2 aliphatic heterocycles. The van der Waals surface area contributed by atoms with Crippen molar-refractivity contribution in [1.82, 2.24) is 14.4 Å². The van der Waals surface area contributed by atoms with Crippen molar-refractivity contribution in [2.45, 2.75) is 43.1 Å². The summed E-state index contributed by atoms with van der Waals surface area (Å²) < 4.78 is 38.7. The lowest BCUT2D eigenvalue weighted by molar-refractivity contribution is 0.0400. The van der Waals surface area contributed by atoms with E-state index in [0.717, 1.165) is 12.0 Å². The molecule has 7 nitrogen and oxygen atoms in total. The molecule has 24 heavy (non-hydrogen) atoms. The summed E-state index contributed by atoms with van der Waals surface area (Å²) >= 11 is 1.28. The number of rotatable bonds is 4. The minimum absolute atomic E-state index is 0.0215. The lowest BCUT2D eigenvalue weighted by Gasteiger charge is -2.18. The van der Waals surface area contributed by atoms with Gasteiger partial charge in [0.15, 0.2) is 5.82 Å². The van der Waals surface area contributed by atoms with E-state index in [1.54, 1.807) is 11.2 Å². The second-order valence-electron chi connectivity index (χ2n) is 6.44. The number of sulfonamides is 1. The summed E-state index contributed by atoms with van der Waals surface area (Å²) in [5.41, 5.74) is 0.808. The summed E-state index contributed by atoms with van der Waals surface area (Å²) in [6.07, 6.45) is 1.38. The van der Waals surface area contributed by atoms with Gasteiger partial charge in [-0.25, -0.2) is 8.42 Å². The van der Waals surface area contributed by atoms with Crippen LogP contribution >= 0.6 is 11.3 Å². The fourth-order valence-corrected chi connectivity index (χ4v) is 6.57. The number of aryl methyl sites for hydroxylation is 2. The molecule has 2 saturated heterocycles. The summed E-state index contributed by atoms with van der Waals surface area (Å²) in [5.74, 6) is 1.43. The average Bonchev–Trinajstić information content (AvgIpc) is 3.23. The van der Waals surface area contributed by atoms with E-state index >= 15 is 0 Å². The van der Waals surface area contributed by atoms with Crippen molar-refractivity contribution < 1.29 is 17.7 Å². The molecule has 4 rings (SSSR count). The van der Waals surface area contributed by atoms with Gasteiger partial charge in [-0.2, -0.15) is 9.29 Å². The van der Waals surface area contributed by atoms with Crippen molar-refractivity contribution >= 4 is 21.4 Å². The molecule has 0 bridgehead atoms. The van der Waals surface area contributed by atoms with Crippen LogP contribution in [0.5, 0.6) is 0 Å². The SMILES string of the molecule is Cc1noc(C[C@@H]2C[C@H]3CN(S(=O)(=O)c4sccc4C)C[C@H]3O2)n1. The Morgan fingerprint density at radius 3 is 2.83 bits per heavy atom. The zero-order chi connectivity index (χ0) is 16.9. The van der Waals surface area contributed by atoms with Gasteiger partial charge in [0, 0.05) is 19.0 Å². The van der Waals surface area contributed by atoms with Gasteiger partial charge >= 0.3 is 0 Å². The van der Waals surface area contributed by atoms with E-state index in [-0.39, 0.29) is 18.1 Å². The average molecular weight is 369 g/mol. The normalized spacial score (nSPS) is 27.7. The van der Waals surface area contributed by atoms with Crippen molar-refractivity contribution in [3.8, 4) is 0 Å². The number of ether oxygens (including phenoxy) is 1. The topological polar surface area (TPSA) is 85.5 Å². The third-order valence-electron chi connectivity index (χ3n) is 4.64. The maximum Gasteiger partial charge on any atom is 0.252 e. The molecule has 2 aromatic heterocycles. The Bertz CT molecular complexity index is 831. The highest BCUT2D eigenvalue weighted by Crippen LogP contribution is 2.37. The predicted octanol–water partition coefficient (Wildman–Crippen LogP) is 1.77. The van der Waals surface area contributed by atoms with Crippen molar-refractivity contribution in [3.63, 3.8) is 0 Å². The fourth-order valence-electron chi connectivity index (χ4n) is 3.51. The van der Waals surface area contributed by atoms with E-state index in [1.807, 2.05) is 18.4 Å². The van der Waals surface area contributed by atoms with Crippen LogP contribution in [0.2, 0.25) is 0 Å². The molecule has 4 heterocycles. The third-order valence-corrected chi connectivity index (χ3v) is 8.14. The van der Waals surface area contributed by atoms with E-state index in [1.165, 1.54) is 11.3 Å². The van der Waals surface area contributed by atoms with Gasteiger partial charge in [0.05, 0.1) is 18.6 Å². The van der Waals surface area contributed by atoms with Crippen LogP contribution in [-0.4, -0.2) is 48.2 Å². The molecule has 0 aromatic carbocycles. The van der Waals surface area contributed by atoms with Crippen molar-refractivity contribution in [2.75, 3.05) is 13.1 Å². The molecule has 0 aliphatic carbocycles. The molecule has 0 radical (unpaired) electrons. The first kappa shape index (κ1) is 16.2. The van der Waals surface area contributed by atoms with E-state index in [9.17, 15) is 8.42 Å². The Morgan fingerprint density at radius 2 is 2.21 bits per heavy atom. The van der Waals surface area contributed by atoms with Gasteiger partial charge in [-0.05, 0) is 37.3 Å². The highest BCUT2D eigenvalue weighted by Gasteiger charge is 2.46. The van der Waals surface area contributed by atoms with Gasteiger partial charge in [0.1, 0.15) is 4.21 Å². The molecule has 0 spiro atoms. The van der Waals surface area contributed by atoms with Gasteiger partial charge < -0.3 is 9.26 Å². The standard InChI is InChI=1S/C15H19N3O4S2/c1-9-3-4-23-15(9)24(19,20)18-7-11-5-12(21-13(11)8-18)6-14-16-10(2)17-22-14/h3-4,11-13H,5-8H2,1-2H3/t11-,12-,13+/m0/s1. The summed E-state index contributed by atoms with van der Waals surface area (Å²) in [7, 11) is -3.41. The molecule has 130 valence electrons. The maximum atomic E-state index is 12.8. The quantitative estimate of drug-likeness (QED) is 0.816.